The van der Waals surface area contributed by atoms with E-state index in [4.69, 9.17) is 17.0 Å². The van der Waals surface area contributed by atoms with Crippen LogP contribution in [-0.4, -0.2) is 27.7 Å². The summed E-state index contributed by atoms with van der Waals surface area (Å²) in [5.41, 5.74) is 2.77. The first-order chi connectivity index (χ1) is 13.2. The third-order valence-corrected chi connectivity index (χ3v) is 4.38. The second kappa shape index (κ2) is 9.06. The molecule has 0 unspecified atom stereocenters. The minimum absolute atomic E-state index is 0.293. The van der Waals surface area contributed by atoms with Gasteiger partial charge in [0.25, 0.3) is 5.91 Å². The second-order valence-electron chi connectivity index (χ2n) is 5.44. The Labute approximate surface area is 165 Å². The van der Waals surface area contributed by atoms with Crippen molar-refractivity contribution >= 4 is 46.1 Å². The van der Waals surface area contributed by atoms with Crippen LogP contribution in [0.25, 0.3) is 0 Å². The molecular formula is C18H17N5O2S2. The largest absolute Gasteiger partial charge is 0.496 e. The van der Waals surface area contributed by atoms with Gasteiger partial charge in [-0.05, 0) is 54.1 Å². The van der Waals surface area contributed by atoms with Crippen molar-refractivity contribution in [1.82, 2.24) is 14.9 Å². The minimum Gasteiger partial charge on any atom is -0.496 e. The Kier molecular flexibility index (Phi) is 6.29. The van der Waals surface area contributed by atoms with Gasteiger partial charge in [-0.3, -0.25) is 4.79 Å². The van der Waals surface area contributed by atoms with E-state index in [0.717, 1.165) is 28.5 Å². The second-order valence-corrected chi connectivity index (χ2v) is 6.46. The average molecular weight is 400 g/mol. The third kappa shape index (κ3) is 5.22. The number of thiocarbonyl (C=S) groups is 1. The summed E-state index contributed by atoms with van der Waals surface area (Å²) in [7, 11) is 1.64. The molecule has 1 heterocycles. The first kappa shape index (κ1) is 18.7. The van der Waals surface area contributed by atoms with Crippen molar-refractivity contribution in [2.45, 2.75) is 6.54 Å². The van der Waals surface area contributed by atoms with E-state index in [1.807, 2.05) is 36.4 Å². The fraction of sp³-hybridized carbons (Fsp3) is 0.111. The number of nitrogens with one attached hydrogen (secondary N) is 3. The fourth-order valence-electron chi connectivity index (χ4n) is 2.30. The summed E-state index contributed by atoms with van der Waals surface area (Å²) in [6, 6.07) is 15.0. The van der Waals surface area contributed by atoms with Gasteiger partial charge in [-0.1, -0.05) is 22.7 Å². The van der Waals surface area contributed by atoms with Crippen molar-refractivity contribution < 1.29 is 9.53 Å². The lowest BCUT2D eigenvalue weighted by atomic mass is 10.2. The van der Waals surface area contributed by atoms with Gasteiger partial charge < -0.3 is 20.7 Å². The number of carbonyl (C=O) groups is 1. The predicted molar refractivity (Wildman–Crippen MR) is 110 cm³/mol. The number of carbonyl (C=O) groups excluding carboxylic acids is 1. The molecule has 0 aliphatic rings. The number of ether oxygens (including phenoxy) is 1. The van der Waals surface area contributed by atoms with Gasteiger partial charge in [0, 0.05) is 28.9 Å². The van der Waals surface area contributed by atoms with Crippen molar-refractivity contribution in [3.63, 3.8) is 0 Å². The molecule has 0 radical (unpaired) electrons. The van der Waals surface area contributed by atoms with Crippen LogP contribution in [0, 0.1) is 0 Å². The molecule has 0 aliphatic heterocycles. The van der Waals surface area contributed by atoms with E-state index in [9.17, 15) is 4.79 Å². The summed E-state index contributed by atoms with van der Waals surface area (Å²) >= 11 is 6.46. The molecule has 0 spiro atoms. The van der Waals surface area contributed by atoms with Crippen LogP contribution in [0.1, 0.15) is 16.1 Å². The highest BCUT2D eigenvalue weighted by Crippen LogP contribution is 2.17. The molecule has 7 nitrogen and oxygen atoms in total. The van der Waals surface area contributed by atoms with Crippen molar-refractivity contribution in [2.75, 3.05) is 17.7 Å². The van der Waals surface area contributed by atoms with E-state index in [0.29, 0.717) is 23.0 Å². The van der Waals surface area contributed by atoms with E-state index in [1.165, 1.54) is 0 Å². The predicted octanol–water partition coefficient (Wildman–Crippen LogP) is 3.29. The number of nitrogens with zero attached hydrogens (tertiary/aromatic N) is 2. The number of rotatable bonds is 6. The van der Waals surface area contributed by atoms with Crippen LogP contribution in [0.3, 0.4) is 0 Å². The topological polar surface area (TPSA) is 88.2 Å². The molecule has 3 aromatic rings. The van der Waals surface area contributed by atoms with Gasteiger partial charge in [0.2, 0.25) is 0 Å². The molecule has 0 bridgehead atoms. The molecule has 3 rings (SSSR count). The normalized spacial score (nSPS) is 10.1. The van der Waals surface area contributed by atoms with Gasteiger partial charge in [0.05, 0.1) is 7.11 Å². The summed E-state index contributed by atoms with van der Waals surface area (Å²) < 4.78 is 9.00. The van der Waals surface area contributed by atoms with Gasteiger partial charge in [-0.2, -0.15) is 0 Å². The van der Waals surface area contributed by atoms with E-state index < -0.39 is 0 Å². The van der Waals surface area contributed by atoms with E-state index in [1.54, 1.807) is 24.6 Å². The van der Waals surface area contributed by atoms with E-state index in [2.05, 4.69) is 25.5 Å². The SMILES string of the molecule is COc1ccccc1CNC(=S)Nc1ccc(NC(=O)c2csnn2)cc1. The number of hydrogen-bond acceptors (Lipinski definition) is 6. The molecule has 2 aromatic carbocycles. The average Bonchev–Trinajstić information content (AvgIpc) is 3.23. The zero-order valence-electron chi connectivity index (χ0n) is 14.4. The fourth-order valence-corrected chi connectivity index (χ4v) is 2.92. The number of para-hydroxylation sites is 1. The van der Waals surface area contributed by atoms with Crippen LogP contribution in [-0.2, 0) is 6.54 Å². The monoisotopic (exact) mass is 399 g/mol. The Morgan fingerprint density at radius 1 is 1.11 bits per heavy atom. The first-order valence-electron chi connectivity index (χ1n) is 8.01. The standard InChI is InChI=1S/C18H17N5O2S2/c1-25-16-5-3-2-4-12(16)10-19-18(26)21-14-8-6-13(7-9-14)20-17(24)15-11-27-23-22-15/h2-9,11H,10H2,1H3,(H,20,24)(H2,19,21,26). The van der Waals surface area contributed by atoms with Gasteiger partial charge in [0.15, 0.2) is 10.8 Å². The number of anilines is 2. The van der Waals surface area contributed by atoms with Crippen LogP contribution in [0.4, 0.5) is 11.4 Å². The Bertz CT molecular complexity index is 914. The van der Waals surface area contributed by atoms with Gasteiger partial charge >= 0.3 is 0 Å². The highest BCUT2D eigenvalue weighted by molar-refractivity contribution is 7.80. The van der Waals surface area contributed by atoms with Crippen molar-refractivity contribution in [2.24, 2.45) is 0 Å². The molecule has 27 heavy (non-hydrogen) atoms. The minimum atomic E-state index is -0.293. The number of hydrogen-bond donors (Lipinski definition) is 3. The zero-order valence-corrected chi connectivity index (χ0v) is 16.1. The molecule has 9 heteroatoms. The summed E-state index contributed by atoms with van der Waals surface area (Å²) in [6.07, 6.45) is 0. The smallest absolute Gasteiger partial charge is 0.277 e. The first-order valence-corrected chi connectivity index (χ1v) is 9.25. The lowest BCUT2D eigenvalue weighted by molar-refractivity contribution is 0.102. The molecule has 1 aromatic heterocycles. The van der Waals surface area contributed by atoms with Crippen LogP contribution >= 0.6 is 23.8 Å². The van der Waals surface area contributed by atoms with Gasteiger partial charge in [0.1, 0.15) is 5.75 Å². The summed E-state index contributed by atoms with van der Waals surface area (Å²) in [5.74, 6) is 0.515. The molecule has 0 saturated heterocycles. The van der Waals surface area contributed by atoms with Crippen molar-refractivity contribution in [1.29, 1.82) is 0 Å². The molecule has 3 N–H and O–H groups in total. The highest BCUT2D eigenvalue weighted by atomic mass is 32.1. The van der Waals surface area contributed by atoms with Crippen LogP contribution in [0.2, 0.25) is 0 Å². The molecule has 0 saturated carbocycles. The molecule has 1 amide bonds. The van der Waals surface area contributed by atoms with Crippen LogP contribution in [0.15, 0.2) is 53.9 Å². The number of aromatic nitrogens is 2. The summed E-state index contributed by atoms with van der Waals surface area (Å²) in [6.45, 7) is 0.547. The maximum atomic E-state index is 11.9. The quantitative estimate of drug-likeness (QED) is 0.548. The Hall–Kier alpha value is -3.04. The Morgan fingerprint density at radius 3 is 2.48 bits per heavy atom. The molecular weight excluding hydrogens is 382 g/mol. The molecule has 0 fully saturated rings. The van der Waals surface area contributed by atoms with Crippen molar-refractivity contribution in [3.8, 4) is 5.75 Å². The van der Waals surface area contributed by atoms with Crippen LogP contribution in [0.5, 0.6) is 5.75 Å². The van der Waals surface area contributed by atoms with Gasteiger partial charge in [-0.15, -0.1) is 5.10 Å². The van der Waals surface area contributed by atoms with E-state index in [-0.39, 0.29) is 5.91 Å². The summed E-state index contributed by atoms with van der Waals surface area (Å²) in [4.78, 5) is 11.9. The Morgan fingerprint density at radius 2 is 1.81 bits per heavy atom. The zero-order chi connectivity index (χ0) is 19.1. The lowest BCUT2D eigenvalue weighted by Gasteiger charge is -2.13. The van der Waals surface area contributed by atoms with Gasteiger partial charge in [-0.25, -0.2) is 0 Å². The van der Waals surface area contributed by atoms with Crippen LogP contribution < -0.4 is 20.7 Å². The highest BCUT2D eigenvalue weighted by Gasteiger charge is 2.09. The van der Waals surface area contributed by atoms with Crippen molar-refractivity contribution in [3.05, 3.63) is 65.2 Å². The maximum Gasteiger partial charge on any atom is 0.277 e. The number of amides is 1. The molecule has 0 aliphatic carbocycles. The lowest BCUT2D eigenvalue weighted by Crippen LogP contribution is -2.28. The Balaban J connectivity index is 1.51. The summed E-state index contributed by atoms with van der Waals surface area (Å²) in [5, 5.41) is 14.8. The van der Waals surface area contributed by atoms with E-state index >= 15 is 0 Å². The molecule has 0 atom stereocenters. The number of benzene rings is 2. The number of methoxy groups -OCH3 is 1. The maximum absolute atomic E-state index is 11.9. The third-order valence-electron chi connectivity index (χ3n) is 3.63. The molecule has 138 valence electrons.